The van der Waals surface area contributed by atoms with Crippen molar-refractivity contribution in [2.45, 2.75) is 38.5 Å². The summed E-state index contributed by atoms with van der Waals surface area (Å²) in [6.45, 7) is 7.78. The highest BCUT2D eigenvalue weighted by Crippen LogP contribution is 2.36. The highest BCUT2D eigenvalue weighted by molar-refractivity contribution is 5.44. The SMILES string of the molecule is O=c1cc(CN2C[C@H]3C[C@@H](C2)c2cccc(=O)n2C3)oc(CN2CCN(Cc3ccc4c(c3)OCO4)CC2)c1O. The number of nitrogens with zero attached hydrogens (tertiary/aromatic N) is 4. The lowest BCUT2D eigenvalue weighted by atomic mass is 9.83. The minimum Gasteiger partial charge on any atom is -0.502 e. The molecule has 0 saturated carbocycles. The Morgan fingerprint density at radius 3 is 2.48 bits per heavy atom. The maximum Gasteiger partial charge on any atom is 0.250 e. The molecule has 7 rings (SSSR count). The summed E-state index contributed by atoms with van der Waals surface area (Å²) in [7, 11) is 0. The second-order valence-electron chi connectivity index (χ2n) is 11.5. The molecule has 1 aromatic carbocycles. The Bertz CT molecular complexity index is 1530. The first-order valence-corrected chi connectivity index (χ1v) is 14.1. The number of rotatable bonds is 6. The molecule has 6 heterocycles. The van der Waals surface area contributed by atoms with E-state index in [1.807, 2.05) is 22.8 Å². The van der Waals surface area contributed by atoms with Gasteiger partial charge in [0.25, 0.3) is 5.56 Å². The maximum absolute atomic E-state index is 12.7. The van der Waals surface area contributed by atoms with E-state index in [9.17, 15) is 14.7 Å². The second kappa shape index (κ2) is 10.4. The lowest BCUT2D eigenvalue weighted by Crippen LogP contribution is -2.46. The number of benzene rings is 1. The zero-order valence-corrected chi connectivity index (χ0v) is 22.5. The van der Waals surface area contributed by atoms with Crippen molar-refractivity contribution < 1.29 is 19.0 Å². The molecule has 0 radical (unpaired) electrons. The molecule has 10 nitrogen and oxygen atoms in total. The number of ether oxygens (including phenoxy) is 2. The van der Waals surface area contributed by atoms with Crippen molar-refractivity contribution in [3.8, 4) is 17.2 Å². The van der Waals surface area contributed by atoms with Crippen molar-refractivity contribution >= 4 is 0 Å². The van der Waals surface area contributed by atoms with Crippen LogP contribution in [0.5, 0.6) is 17.2 Å². The van der Waals surface area contributed by atoms with Crippen molar-refractivity contribution in [1.82, 2.24) is 19.3 Å². The Morgan fingerprint density at radius 1 is 0.825 bits per heavy atom. The van der Waals surface area contributed by atoms with Crippen LogP contribution in [0.2, 0.25) is 0 Å². The quantitative estimate of drug-likeness (QED) is 0.499. The van der Waals surface area contributed by atoms with Gasteiger partial charge in [-0.25, -0.2) is 0 Å². The zero-order chi connectivity index (χ0) is 27.2. The molecule has 1 N–H and O–H groups in total. The van der Waals surface area contributed by atoms with Gasteiger partial charge in [0.15, 0.2) is 17.3 Å². The molecule has 4 aliphatic heterocycles. The molecule has 0 unspecified atom stereocenters. The zero-order valence-electron chi connectivity index (χ0n) is 22.5. The first kappa shape index (κ1) is 25.4. The highest BCUT2D eigenvalue weighted by Gasteiger charge is 2.35. The van der Waals surface area contributed by atoms with E-state index in [1.54, 1.807) is 6.07 Å². The third kappa shape index (κ3) is 5.02. The predicted octanol–water partition coefficient (Wildman–Crippen LogP) is 2.17. The van der Waals surface area contributed by atoms with Crippen molar-refractivity contribution in [1.29, 1.82) is 0 Å². The molecule has 2 bridgehead atoms. The van der Waals surface area contributed by atoms with Gasteiger partial charge in [-0.15, -0.1) is 0 Å². The summed E-state index contributed by atoms with van der Waals surface area (Å²) < 4.78 is 19.0. The summed E-state index contributed by atoms with van der Waals surface area (Å²) in [6.07, 6.45) is 1.07. The number of pyridine rings is 1. The molecule has 0 aliphatic carbocycles. The minimum absolute atomic E-state index is 0.0728. The van der Waals surface area contributed by atoms with Gasteiger partial charge in [-0.1, -0.05) is 12.1 Å². The van der Waals surface area contributed by atoms with Gasteiger partial charge in [-0.05, 0) is 36.1 Å². The molecular weight excluding hydrogens is 512 g/mol. The number of aromatic nitrogens is 1. The molecule has 2 atom stereocenters. The van der Waals surface area contributed by atoms with Crippen LogP contribution in [0.15, 0.2) is 56.5 Å². The second-order valence-corrected chi connectivity index (χ2v) is 11.5. The maximum atomic E-state index is 12.7. The Morgan fingerprint density at radius 2 is 1.62 bits per heavy atom. The van der Waals surface area contributed by atoms with Crippen LogP contribution in [0.25, 0.3) is 0 Å². The van der Waals surface area contributed by atoms with Gasteiger partial charge in [0, 0.05) is 76.1 Å². The van der Waals surface area contributed by atoms with Crippen molar-refractivity contribution in [2.24, 2.45) is 5.92 Å². The predicted molar refractivity (Wildman–Crippen MR) is 147 cm³/mol. The summed E-state index contributed by atoms with van der Waals surface area (Å²) in [4.78, 5) is 31.9. The van der Waals surface area contributed by atoms with E-state index in [2.05, 4.69) is 26.8 Å². The van der Waals surface area contributed by atoms with Crippen LogP contribution in [-0.4, -0.2) is 70.4 Å². The van der Waals surface area contributed by atoms with Gasteiger partial charge < -0.3 is 23.6 Å². The fraction of sp³-hybridized carbons (Fsp3) is 0.467. The van der Waals surface area contributed by atoms with Gasteiger partial charge in [0.05, 0.1) is 13.1 Å². The van der Waals surface area contributed by atoms with E-state index < -0.39 is 5.43 Å². The summed E-state index contributed by atoms with van der Waals surface area (Å²) >= 11 is 0. The van der Waals surface area contributed by atoms with Crippen molar-refractivity contribution in [2.75, 3.05) is 46.1 Å². The average Bonchev–Trinajstić information content (AvgIpc) is 3.41. The average molecular weight is 547 g/mol. The van der Waals surface area contributed by atoms with E-state index >= 15 is 0 Å². The standard InChI is InChI=1S/C30H34N4O6/c35-25-12-23(17-33-14-21-10-22(16-33)24-2-1-3-29(36)34(24)15-21)40-28(30(25)37)18-32-8-6-31(7-9-32)13-20-4-5-26-27(11-20)39-19-38-26/h1-5,11-12,21-22,37H,6-10,13-19H2/t21-,22+/m1/s1. The van der Waals surface area contributed by atoms with Crippen LogP contribution >= 0.6 is 0 Å². The Kier molecular flexibility index (Phi) is 6.61. The Balaban J connectivity index is 0.979. The summed E-state index contributed by atoms with van der Waals surface area (Å²) in [5.41, 5.74) is 1.96. The lowest BCUT2D eigenvalue weighted by Gasteiger charge is -2.42. The van der Waals surface area contributed by atoms with E-state index in [0.717, 1.165) is 76.0 Å². The normalized spacial score (nSPS) is 22.8. The summed E-state index contributed by atoms with van der Waals surface area (Å²) in [6, 6.07) is 13.0. The topological polar surface area (TPSA) is 101 Å². The van der Waals surface area contributed by atoms with Gasteiger partial charge in [-0.2, -0.15) is 0 Å². The van der Waals surface area contributed by atoms with Crippen LogP contribution in [0.1, 0.15) is 35.1 Å². The Hall–Kier alpha value is -3.60. The molecule has 3 aromatic rings. The molecule has 210 valence electrons. The van der Waals surface area contributed by atoms with Crippen molar-refractivity contribution in [3.63, 3.8) is 0 Å². The monoisotopic (exact) mass is 546 g/mol. The van der Waals surface area contributed by atoms with Crippen LogP contribution in [-0.2, 0) is 26.2 Å². The molecular formula is C30H34N4O6. The van der Waals surface area contributed by atoms with Gasteiger partial charge >= 0.3 is 0 Å². The minimum atomic E-state index is -0.396. The summed E-state index contributed by atoms with van der Waals surface area (Å²) in [5.74, 6) is 2.89. The largest absolute Gasteiger partial charge is 0.502 e. The van der Waals surface area contributed by atoms with Crippen LogP contribution in [0.3, 0.4) is 0 Å². The molecule has 10 heteroatoms. The van der Waals surface area contributed by atoms with Crippen LogP contribution in [0, 0.1) is 5.92 Å². The smallest absolute Gasteiger partial charge is 0.250 e. The number of fused-ring (bicyclic) bond motifs is 5. The molecule has 2 fully saturated rings. The van der Waals surface area contributed by atoms with Crippen LogP contribution in [0.4, 0.5) is 0 Å². The summed E-state index contributed by atoms with van der Waals surface area (Å²) in [5, 5.41) is 10.5. The third-order valence-electron chi connectivity index (χ3n) is 8.65. The fourth-order valence-electron chi connectivity index (χ4n) is 6.72. The first-order chi connectivity index (χ1) is 19.5. The van der Waals surface area contributed by atoms with Gasteiger partial charge in [0.2, 0.25) is 18.0 Å². The van der Waals surface area contributed by atoms with E-state index in [4.69, 9.17) is 13.9 Å². The molecule has 40 heavy (non-hydrogen) atoms. The number of piperidine rings is 1. The van der Waals surface area contributed by atoms with Gasteiger partial charge in [-0.3, -0.25) is 24.3 Å². The Labute approximate surface area is 231 Å². The molecule has 0 amide bonds. The molecule has 0 spiro atoms. The number of piperazine rings is 1. The van der Waals surface area contributed by atoms with E-state index in [-0.39, 0.29) is 18.1 Å². The number of likely N-dealkylation sites (tertiary alicyclic amines) is 1. The number of hydrogen-bond donors (Lipinski definition) is 1. The fourth-order valence-corrected chi connectivity index (χ4v) is 6.72. The van der Waals surface area contributed by atoms with Gasteiger partial charge in [0.1, 0.15) is 5.76 Å². The molecule has 2 saturated heterocycles. The van der Waals surface area contributed by atoms with Crippen LogP contribution < -0.4 is 20.5 Å². The van der Waals surface area contributed by atoms with Crippen molar-refractivity contribution in [3.05, 3.63) is 85.8 Å². The highest BCUT2D eigenvalue weighted by atomic mass is 16.7. The number of hydrogen-bond acceptors (Lipinski definition) is 9. The third-order valence-corrected chi connectivity index (χ3v) is 8.65. The molecule has 4 aliphatic rings. The van der Waals surface area contributed by atoms with E-state index in [1.165, 1.54) is 11.6 Å². The number of aromatic hydroxyl groups is 1. The van der Waals surface area contributed by atoms with E-state index in [0.29, 0.717) is 36.4 Å². The lowest BCUT2D eigenvalue weighted by molar-refractivity contribution is 0.100. The first-order valence-electron chi connectivity index (χ1n) is 14.1. The molecule has 2 aromatic heterocycles.